The van der Waals surface area contributed by atoms with Crippen molar-refractivity contribution in [2.75, 3.05) is 0 Å². The van der Waals surface area contributed by atoms with Crippen LogP contribution in [-0.2, 0) is 0 Å². The number of hydrogen-bond acceptors (Lipinski definition) is 0. The molecule has 0 nitrogen and oxygen atoms in total. The lowest BCUT2D eigenvalue weighted by atomic mass is 9.53. The van der Waals surface area contributed by atoms with Crippen LogP contribution >= 0.6 is 0 Å². The van der Waals surface area contributed by atoms with Gasteiger partial charge in [0, 0.05) is 0 Å². The van der Waals surface area contributed by atoms with E-state index in [0.29, 0.717) is 11.3 Å². The first-order valence-electron chi connectivity index (χ1n) is 6.31. The first-order chi connectivity index (χ1) is 7.00. The first kappa shape index (κ1) is 11.0. The Balaban J connectivity index is 2.46. The van der Waals surface area contributed by atoms with Crippen molar-refractivity contribution in [3.63, 3.8) is 0 Å². The topological polar surface area (TPSA) is 0 Å². The second kappa shape index (κ2) is 3.50. The SMILES string of the molecule is C=CC1CCC2CC1(C)C(C)=C(C)C2C. The Labute approximate surface area is 94.5 Å². The summed E-state index contributed by atoms with van der Waals surface area (Å²) in [6.45, 7) is 13.6. The number of fused-ring (bicyclic) bond motifs is 2. The van der Waals surface area contributed by atoms with E-state index in [1.54, 1.807) is 11.1 Å². The Kier molecular flexibility index (Phi) is 2.56. The van der Waals surface area contributed by atoms with Crippen molar-refractivity contribution in [2.24, 2.45) is 23.2 Å². The molecular formula is C15H24. The van der Waals surface area contributed by atoms with Crippen LogP contribution in [0.4, 0.5) is 0 Å². The minimum Gasteiger partial charge on any atom is -0.103 e. The number of hydrogen-bond donors (Lipinski definition) is 0. The third-order valence-corrected chi connectivity index (χ3v) is 5.48. The molecule has 0 aromatic rings. The van der Waals surface area contributed by atoms with Crippen molar-refractivity contribution in [1.29, 1.82) is 0 Å². The van der Waals surface area contributed by atoms with Crippen LogP contribution in [0.1, 0.15) is 47.0 Å². The average Bonchev–Trinajstić information content (AvgIpc) is 2.24. The van der Waals surface area contributed by atoms with Crippen LogP contribution in [-0.4, -0.2) is 0 Å². The van der Waals surface area contributed by atoms with E-state index in [2.05, 4.69) is 40.3 Å². The molecule has 0 heterocycles. The van der Waals surface area contributed by atoms with E-state index < -0.39 is 0 Å². The minimum absolute atomic E-state index is 0.418. The van der Waals surface area contributed by atoms with Crippen LogP contribution in [0.5, 0.6) is 0 Å². The first-order valence-corrected chi connectivity index (χ1v) is 6.31. The molecule has 0 N–H and O–H groups in total. The molecule has 84 valence electrons. The predicted molar refractivity (Wildman–Crippen MR) is 66.7 cm³/mol. The van der Waals surface area contributed by atoms with Crippen LogP contribution in [0.15, 0.2) is 23.8 Å². The van der Waals surface area contributed by atoms with Crippen molar-refractivity contribution in [3.05, 3.63) is 23.8 Å². The van der Waals surface area contributed by atoms with Crippen LogP contribution in [0, 0.1) is 23.2 Å². The fourth-order valence-corrected chi connectivity index (χ4v) is 3.89. The Morgan fingerprint density at radius 3 is 2.60 bits per heavy atom. The van der Waals surface area contributed by atoms with Gasteiger partial charge in [-0.05, 0) is 56.3 Å². The summed E-state index contributed by atoms with van der Waals surface area (Å²) in [5.74, 6) is 2.44. The molecule has 0 aromatic heterocycles. The molecule has 0 saturated heterocycles. The molecule has 0 amide bonds. The maximum absolute atomic E-state index is 4.03. The number of allylic oxidation sites excluding steroid dienone is 3. The van der Waals surface area contributed by atoms with Crippen molar-refractivity contribution < 1.29 is 0 Å². The van der Waals surface area contributed by atoms with Gasteiger partial charge in [-0.25, -0.2) is 0 Å². The highest BCUT2D eigenvalue weighted by molar-refractivity contribution is 5.28. The van der Waals surface area contributed by atoms with Gasteiger partial charge in [0.05, 0.1) is 0 Å². The van der Waals surface area contributed by atoms with Gasteiger partial charge in [0.25, 0.3) is 0 Å². The zero-order valence-corrected chi connectivity index (χ0v) is 10.6. The lowest BCUT2D eigenvalue weighted by Gasteiger charge is -2.51. The van der Waals surface area contributed by atoms with Crippen molar-refractivity contribution in [1.82, 2.24) is 0 Å². The van der Waals surface area contributed by atoms with E-state index in [0.717, 1.165) is 11.8 Å². The molecule has 4 atom stereocenters. The molecule has 2 bridgehead atoms. The van der Waals surface area contributed by atoms with Gasteiger partial charge >= 0.3 is 0 Å². The minimum atomic E-state index is 0.418. The van der Waals surface area contributed by atoms with Gasteiger partial charge in [-0.3, -0.25) is 0 Å². The highest BCUT2D eigenvalue weighted by Gasteiger charge is 2.45. The second-order valence-electron chi connectivity index (χ2n) is 5.90. The molecule has 15 heavy (non-hydrogen) atoms. The van der Waals surface area contributed by atoms with Crippen molar-refractivity contribution in [2.45, 2.75) is 47.0 Å². The third kappa shape index (κ3) is 1.41. The molecule has 0 heteroatoms. The van der Waals surface area contributed by atoms with Gasteiger partial charge in [0.1, 0.15) is 0 Å². The molecule has 2 aliphatic rings. The molecule has 0 aromatic carbocycles. The van der Waals surface area contributed by atoms with E-state index in [4.69, 9.17) is 0 Å². The third-order valence-electron chi connectivity index (χ3n) is 5.48. The zero-order chi connectivity index (χ0) is 11.2. The van der Waals surface area contributed by atoms with E-state index >= 15 is 0 Å². The summed E-state index contributed by atoms with van der Waals surface area (Å²) in [4.78, 5) is 0. The number of rotatable bonds is 1. The summed E-state index contributed by atoms with van der Waals surface area (Å²) in [7, 11) is 0. The van der Waals surface area contributed by atoms with E-state index in [1.807, 2.05) is 0 Å². The maximum Gasteiger partial charge on any atom is -0.00510 e. The fraction of sp³-hybridized carbons (Fsp3) is 0.733. The molecule has 2 rings (SSSR count). The second-order valence-corrected chi connectivity index (χ2v) is 5.90. The fourth-order valence-electron chi connectivity index (χ4n) is 3.89. The van der Waals surface area contributed by atoms with Gasteiger partial charge in [-0.1, -0.05) is 31.1 Å². The summed E-state index contributed by atoms with van der Waals surface area (Å²) in [5, 5.41) is 0. The summed E-state index contributed by atoms with van der Waals surface area (Å²) >= 11 is 0. The highest BCUT2D eigenvalue weighted by Crippen LogP contribution is 2.56. The van der Waals surface area contributed by atoms with Crippen LogP contribution in [0.25, 0.3) is 0 Å². The van der Waals surface area contributed by atoms with E-state index in [1.165, 1.54) is 19.3 Å². The van der Waals surface area contributed by atoms with Crippen LogP contribution in [0.3, 0.4) is 0 Å². The highest BCUT2D eigenvalue weighted by atomic mass is 14.5. The maximum atomic E-state index is 4.03. The monoisotopic (exact) mass is 204 g/mol. The Morgan fingerprint density at radius 1 is 1.33 bits per heavy atom. The Morgan fingerprint density at radius 2 is 2.00 bits per heavy atom. The molecule has 1 fully saturated rings. The summed E-state index contributed by atoms with van der Waals surface area (Å²) < 4.78 is 0. The largest absolute Gasteiger partial charge is 0.103 e. The standard InChI is InChI=1S/C15H24/c1-6-14-8-7-13-9-15(14,5)12(4)10(2)11(13)3/h6,11,13-14H,1,7-9H2,2-5H3. The predicted octanol–water partition coefficient (Wildman–Crippen LogP) is 4.58. The van der Waals surface area contributed by atoms with Crippen LogP contribution < -0.4 is 0 Å². The average molecular weight is 204 g/mol. The van der Waals surface area contributed by atoms with Gasteiger partial charge in [0.2, 0.25) is 0 Å². The van der Waals surface area contributed by atoms with E-state index in [-0.39, 0.29) is 0 Å². The molecule has 1 saturated carbocycles. The van der Waals surface area contributed by atoms with E-state index in [9.17, 15) is 0 Å². The van der Waals surface area contributed by atoms with Gasteiger partial charge in [0.15, 0.2) is 0 Å². The van der Waals surface area contributed by atoms with Gasteiger partial charge in [-0.15, -0.1) is 6.58 Å². The van der Waals surface area contributed by atoms with Crippen molar-refractivity contribution >= 4 is 0 Å². The van der Waals surface area contributed by atoms with Crippen LogP contribution in [0.2, 0.25) is 0 Å². The molecule has 0 aliphatic heterocycles. The molecule has 2 aliphatic carbocycles. The normalized spacial score (nSPS) is 45.5. The lowest BCUT2D eigenvalue weighted by molar-refractivity contribution is 0.0997. The molecule has 4 unspecified atom stereocenters. The summed E-state index contributed by atoms with van der Waals surface area (Å²) in [6.07, 6.45) is 6.33. The lowest BCUT2D eigenvalue weighted by Crippen LogP contribution is -2.41. The Bertz CT molecular complexity index is 310. The summed E-state index contributed by atoms with van der Waals surface area (Å²) in [6, 6.07) is 0. The van der Waals surface area contributed by atoms with Gasteiger partial charge in [-0.2, -0.15) is 0 Å². The molecular weight excluding hydrogens is 180 g/mol. The summed E-state index contributed by atoms with van der Waals surface area (Å²) in [5.41, 5.74) is 3.72. The van der Waals surface area contributed by atoms with Gasteiger partial charge < -0.3 is 0 Å². The van der Waals surface area contributed by atoms with Crippen molar-refractivity contribution in [3.8, 4) is 0 Å². The molecule has 0 radical (unpaired) electrons. The smallest absolute Gasteiger partial charge is 0.00510 e. The molecule has 0 spiro atoms. The quantitative estimate of drug-likeness (QED) is 0.548. The Hall–Kier alpha value is -0.520. The zero-order valence-electron chi connectivity index (χ0n) is 10.6.